The second-order valence-corrected chi connectivity index (χ2v) is 12.1. The SMILES string of the molecule is C=C1C=CC(N2CCCCS2(=O)=O)=CN1C(CN1CCN(C(C)=O)CC1)C(=N)c1ccc(Cl)cc1Cl. The molecule has 4 rings (SSSR count). The molecule has 3 aliphatic rings. The second-order valence-electron chi connectivity index (χ2n) is 9.24. The molecule has 0 saturated carbocycles. The normalized spacial score (nSPS) is 21.4. The Morgan fingerprint density at radius 3 is 2.47 bits per heavy atom. The first-order chi connectivity index (χ1) is 17.1. The van der Waals surface area contributed by atoms with Gasteiger partial charge in [0.2, 0.25) is 15.9 Å². The summed E-state index contributed by atoms with van der Waals surface area (Å²) in [5.74, 6) is 0.177. The molecule has 1 atom stereocenters. The number of amides is 1. The molecule has 2 saturated heterocycles. The van der Waals surface area contributed by atoms with Gasteiger partial charge in [0.15, 0.2) is 0 Å². The summed E-state index contributed by atoms with van der Waals surface area (Å²) in [5, 5.41) is 10.0. The number of nitrogens with zero attached hydrogens (tertiary/aromatic N) is 4. The van der Waals surface area contributed by atoms with E-state index in [-0.39, 0.29) is 17.4 Å². The summed E-state index contributed by atoms with van der Waals surface area (Å²) in [7, 11) is -3.40. The fraction of sp³-hybridized carbons (Fsp3) is 0.440. The van der Waals surface area contributed by atoms with Crippen LogP contribution in [-0.2, 0) is 14.8 Å². The number of rotatable bonds is 6. The predicted octanol–water partition coefficient (Wildman–Crippen LogP) is 3.55. The predicted molar refractivity (Wildman–Crippen MR) is 144 cm³/mol. The number of piperazine rings is 1. The highest BCUT2D eigenvalue weighted by atomic mass is 35.5. The smallest absolute Gasteiger partial charge is 0.235 e. The molecular weight excluding hydrogens is 521 g/mol. The van der Waals surface area contributed by atoms with Crippen molar-refractivity contribution in [2.75, 3.05) is 45.0 Å². The van der Waals surface area contributed by atoms with Gasteiger partial charge in [-0.15, -0.1) is 0 Å². The van der Waals surface area contributed by atoms with Crippen molar-refractivity contribution in [3.8, 4) is 0 Å². The zero-order chi connectivity index (χ0) is 26.0. The molecule has 11 heteroatoms. The Morgan fingerprint density at radius 2 is 1.83 bits per heavy atom. The van der Waals surface area contributed by atoms with Crippen LogP contribution in [0.4, 0.5) is 0 Å². The minimum atomic E-state index is -3.40. The second kappa shape index (κ2) is 11.0. The van der Waals surface area contributed by atoms with Gasteiger partial charge in [0.05, 0.1) is 28.2 Å². The van der Waals surface area contributed by atoms with E-state index in [1.807, 2.05) is 9.80 Å². The van der Waals surface area contributed by atoms with Gasteiger partial charge >= 0.3 is 0 Å². The van der Waals surface area contributed by atoms with Gasteiger partial charge in [-0.25, -0.2) is 8.42 Å². The Balaban J connectivity index is 1.67. The van der Waals surface area contributed by atoms with Gasteiger partial charge in [-0.1, -0.05) is 35.8 Å². The average Bonchev–Trinajstić information content (AvgIpc) is 2.83. The Bertz CT molecular complexity index is 1220. The van der Waals surface area contributed by atoms with E-state index in [1.165, 1.54) is 4.31 Å². The molecule has 0 radical (unpaired) electrons. The lowest BCUT2D eigenvalue weighted by atomic mass is 9.99. The monoisotopic (exact) mass is 551 g/mol. The molecule has 194 valence electrons. The van der Waals surface area contributed by atoms with E-state index < -0.39 is 16.1 Å². The lowest BCUT2D eigenvalue weighted by molar-refractivity contribution is -0.130. The van der Waals surface area contributed by atoms with Gasteiger partial charge < -0.3 is 15.2 Å². The van der Waals surface area contributed by atoms with Crippen molar-refractivity contribution in [2.45, 2.75) is 25.8 Å². The molecular formula is C25H31Cl2N5O3S. The third kappa shape index (κ3) is 5.80. The molecule has 0 aromatic heterocycles. The standard InChI is InChI=1S/C25H31Cl2N5O3S/c1-18-5-7-21(32-9-3-4-14-36(32,34)35)16-31(18)24(17-29-10-12-30(13-11-29)19(2)33)25(28)22-8-6-20(26)15-23(22)27/h5-8,15-16,24,28H,1,3-4,9-14,17H2,2H3. The number of benzene rings is 1. The van der Waals surface area contributed by atoms with Crippen molar-refractivity contribution in [3.05, 3.63) is 70.1 Å². The third-order valence-corrected chi connectivity index (χ3v) is 9.24. The van der Waals surface area contributed by atoms with Crippen LogP contribution in [0.2, 0.25) is 10.0 Å². The van der Waals surface area contributed by atoms with Crippen molar-refractivity contribution in [2.24, 2.45) is 0 Å². The van der Waals surface area contributed by atoms with Crippen LogP contribution in [0, 0.1) is 5.41 Å². The molecule has 0 spiro atoms. The largest absolute Gasteiger partial charge is 0.340 e. The first-order valence-electron chi connectivity index (χ1n) is 12.0. The summed E-state index contributed by atoms with van der Waals surface area (Å²) in [6, 6.07) is 4.55. The molecule has 2 fully saturated rings. The molecule has 0 bridgehead atoms. The van der Waals surface area contributed by atoms with Crippen LogP contribution in [0.5, 0.6) is 0 Å². The van der Waals surface area contributed by atoms with Crippen molar-refractivity contribution < 1.29 is 13.2 Å². The number of halogens is 2. The molecule has 1 N–H and O–H groups in total. The summed E-state index contributed by atoms with van der Waals surface area (Å²) >= 11 is 12.6. The van der Waals surface area contributed by atoms with Crippen LogP contribution in [-0.4, -0.2) is 90.1 Å². The van der Waals surface area contributed by atoms with Gasteiger partial charge in [0, 0.05) is 68.7 Å². The maximum Gasteiger partial charge on any atom is 0.235 e. The maximum atomic E-state index is 12.8. The van der Waals surface area contributed by atoms with Crippen LogP contribution in [0.1, 0.15) is 25.3 Å². The van der Waals surface area contributed by atoms with Crippen LogP contribution in [0.15, 0.2) is 54.5 Å². The number of hydrogen-bond acceptors (Lipinski definition) is 6. The topological polar surface area (TPSA) is 88.0 Å². The Kier molecular flexibility index (Phi) is 8.14. The summed E-state index contributed by atoms with van der Waals surface area (Å²) in [6.45, 7) is 9.23. The molecule has 1 aromatic rings. The Labute approximate surface area is 223 Å². The van der Waals surface area contributed by atoms with Crippen LogP contribution in [0.3, 0.4) is 0 Å². The Morgan fingerprint density at radius 1 is 1.11 bits per heavy atom. The first kappa shape index (κ1) is 26.7. The summed E-state index contributed by atoms with van der Waals surface area (Å²) in [4.78, 5) is 17.7. The molecule has 0 aliphatic carbocycles. The summed E-state index contributed by atoms with van der Waals surface area (Å²) in [5.41, 5.74) is 2.04. The van der Waals surface area contributed by atoms with E-state index in [9.17, 15) is 13.2 Å². The quantitative estimate of drug-likeness (QED) is 0.546. The zero-order valence-electron chi connectivity index (χ0n) is 20.3. The molecule has 36 heavy (non-hydrogen) atoms. The van der Waals surface area contributed by atoms with Crippen molar-refractivity contribution in [1.29, 1.82) is 5.41 Å². The van der Waals surface area contributed by atoms with Crippen LogP contribution in [0.25, 0.3) is 0 Å². The van der Waals surface area contributed by atoms with Gasteiger partial charge in [-0.2, -0.15) is 0 Å². The fourth-order valence-corrected chi connectivity index (χ4v) is 6.88. The number of hydrogen-bond donors (Lipinski definition) is 1. The fourth-order valence-electron chi connectivity index (χ4n) is 4.75. The van der Waals surface area contributed by atoms with Gasteiger partial charge in [0.25, 0.3) is 0 Å². The van der Waals surface area contributed by atoms with E-state index in [0.717, 1.165) is 6.42 Å². The number of carbonyl (C=O) groups excluding carboxylic acids is 1. The number of allylic oxidation sites excluding steroid dienone is 2. The number of nitrogens with one attached hydrogen (secondary N) is 1. The number of carbonyl (C=O) groups is 1. The van der Waals surface area contributed by atoms with Crippen molar-refractivity contribution in [1.82, 2.24) is 19.0 Å². The Hall–Kier alpha value is -2.33. The highest BCUT2D eigenvalue weighted by Gasteiger charge is 2.33. The highest BCUT2D eigenvalue weighted by molar-refractivity contribution is 7.89. The van der Waals surface area contributed by atoms with Gasteiger partial charge in [-0.3, -0.25) is 14.0 Å². The van der Waals surface area contributed by atoms with E-state index in [0.29, 0.717) is 72.7 Å². The third-order valence-electron chi connectivity index (χ3n) is 6.83. The molecule has 1 amide bonds. The summed E-state index contributed by atoms with van der Waals surface area (Å²) < 4.78 is 27.0. The number of sulfonamides is 1. The van der Waals surface area contributed by atoms with Gasteiger partial charge in [0.1, 0.15) is 0 Å². The van der Waals surface area contributed by atoms with E-state index in [1.54, 1.807) is 43.5 Å². The summed E-state index contributed by atoms with van der Waals surface area (Å²) in [6.07, 6.45) is 6.78. The van der Waals surface area contributed by atoms with E-state index in [4.69, 9.17) is 28.6 Å². The van der Waals surface area contributed by atoms with Crippen LogP contribution < -0.4 is 0 Å². The molecule has 8 nitrogen and oxygen atoms in total. The van der Waals surface area contributed by atoms with Gasteiger partial charge in [-0.05, 0) is 37.1 Å². The average molecular weight is 553 g/mol. The van der Waals surface area contributed by atoms with Crippen molar-refractivity contribution >= 4 is 44.8 Å². The minimum absolute atomic E-state index is 0.0525. The van der Waals surface area contributed by atoms with E-state index in [2.05, 4.69) is 11.5 Å². The lowest BCUT2D eigenvalue weighted by Crippen LogP contribution is -2.53. The van der Waals surface area contributed by atoms with E-state index >= 15 is 0 Å². The highest BCUT2D eigenvalue weighted by Crippen LogP contribution is 2.29. The first-order valence-corrected chi connectivity index (χ1v) is 14.3. The zero-order valence-corrected chi connectivity index (χ0v) is 22.6. The van der Waals surface area contributed by atoms with Crippen molar-refractivity contribution in [3.63, 3.8) is 0 Å². The van der Waals surface area contributed by atoms with Crippen LogP contribution >= 0.6 is 23.2 Å². The molecule has 3 aliphatic heterocycles. The molecule has 3 heterocycles. The minimum Gasteiger partial charge on any atom is -0.340 e. The molecule has 1 unspecified atom stereocenters. The molecule has 1 aromatic carbocycles. The lowest BCUT2D eigenvalue weighted by Gasteiger charge is -2.41. The maximum absolute atomic E-state index is 12.8.